The van der Waals surface area contributed by atoms with Crippen molar-refractivity contribution in [3.8, 4) is 5.88 Å². The summed E-state index contributed by atoms with van der Waals surface area (Å²) in [4.78, 5) is 21.6. The Bertz CT molecular complexity index is 1090. The summed E-state index contributed by atoms with van der Waals surface area (Å²) in [7, 11) is 1.58. The van der Waals surface area contributed by atoms with E-state index >= 15 is 0 Å². The van der Waals surface area contributed by atoms with Crippen molar-refractivity contribution < 1.29 is 9.53 Å². The first kappa shape index (κ1) is 19.4. The Labute approximate surface area is 177 Å². The summed E-state index contributed by atoms with van der Waals surface area (Å²) in [5.74, 6) is 1.15. The molecule has 4 rings (SSSR count). The van der Waals surface area contributed by atoms with Crippen molar-refractivity contribution in [1.82, 2.24) is 15.3 Å². The van der Waals surface area contributed by atoms with Gasteiger partial charge in [0.2, 0.25) is 5.88 Å². The molecule has 0 aliphatic carbocycles. The third-order valence-corrected chi connectivity index (χ3v) is 6.58. The molecular weight excluding hydrogens is 402 g/mol. The van der Waals surface area contributed by atoms with Gasteiger partial charge in [-0.15, -0.1) is 11.3 Å². The fourth-order valence-corrected chi connectivity index (χ4v) is 4.91. The Balaban J connectivity index is 1.41. The van der Waals surface area contributed by atoms with Crippen LogP contribution in [0.3, 0.4) is 0 Å². The highest BCUT2D eigenvalue weighted by Crippen LogP contribution is 2.32. The van der Waals surface area contributed by atoms with Crippen LogP contribution >= 0.6 is 23.1 Å². The minimum absolute atomic E-state index is 0.0960. The monoisotopic (exact) mass is 421 g/mol. The molecule has 4 aromatic rings. The second-order valence-corrected chi connectivity index (χ2v) is 8.54. The molecule has 0 saturated carbocycles. The molecule has 0 aliphatic rings. The van der Waals surface area contributed by atoms with Crippen molar-refractivity contribution in [3.63, 3.8) is 0 Å². The fraction of sp³-hybridized carbons (Fsp3) is 0.136. The van der Waals surface area contributed by atoms with E-state index in [4.69, 9.17) is 4.74 Å². The number of benzene rings is 2. The van der Waals surface area contributed by atoms with E-state index in [1.807, 2.05) is 48.5 Å². The van der Waals surface area contributed by atoms with Gasteiger partial charge in [-0.25, -0.2) is 9.97 Å². The van der Waals surface area contributed by atoms with E-state index in [-0.39, 0.29) is 5.91 Å². The molecule has 0 bridgehead atoms. The van der Waals surface area contributed by atoms with Crippen molar-refractivity contribution in [3.05, 3.63) is 83.6 Å². The Morgan fingerprint density at radius 3 is 2.72 bits per heavy atom. The lowest BCUT2D eigenvalue weighted by Gasteiger charge is -2.10. The Kier molecular flexibility index (Phi) is 6.07. The number of hydrogen-bond donors (Lipinski definition) is 1. The molecule has 29 heavy (non-hydrogen) atoms. The van der Waals surface area contributed by atoms with E-state index in [0.717, 1.165) is 21.0 Å². The Morgan fingerprint density at radius 2 is 1.93 bits per heavy atom. The van der Waals surface area contributed by atoms with Crippen LogP contribution in [-0.2, 0) is 12.3 Å². The van der Waals surface area contributed by atoms with Crippen molar-refractivity contribution in [1.29, 1.82) is 0 Å². The fourth-order valence-electron chi connectivity index (χ4n) is 2.83. The molecule has 0 atom stereocenters. The highest BCUT2D eigenvalue weighted by Gasteiger charge is 2.12. The molecule has 2 aromatic heterocycles. The molecule has 146 valence electrons. The summed E-state index contributed by atoms with van der Waals surface area (Å²) >= 11 is 3.33. The van der Waals surface area contributed by atoms with Gasteiger partial charge in [0.15, 0.2) is 4.34 Å². The summed E-state index contributed by atoms with van der Waals surface area (Å²) in [5.41, 5.74) is 3.60. The zero-order chi connectivity index (χ0) is 20.1. The van der Waals surface area contributed by atoms with Gasteiger partial charge in [-0.1, -0.05) is 48.2 Å². The van der Waals surface area contributed by atoms with Gasteiger partial charge in [-0.3, -0.25) is 4.79 Å². The number of amides is 1. The smallest absolute Gasteiger partial charge is 0.251 e. The van der Waals surface area contributed by atoms with Gasteiger partial charge in [-0.05, 0) is 29.3 Å². The van der Waals surface area contributed by atoms with Crippen LogP contribution in [0.4, 0.5) is 0 Å². The summed E-state index contributed by atoms with van der Waals surface area (Å²) in [6.45, 7) is 0.412. The zero-order valence-corrected chi connectivity index (χ0v) is 17.4. The normalized spacial score (nSPS) is 10.8. The van der Waals surface area contributed by atoms with Crippen molar-refractivity contribution in [2.24, 2.45) is 0 Å². The number of rotatable bonds is 7. The van der Waals surface area contributed by atoms with Crippen LogP contribution in [0.15, 0.2) is 71.2 Å². The largest absolute Gasteiger partial charge is 0.481 e. The van der Waals surface area contributed by atoms with Gasteiger partial charge in [0.25, 0.3) is 5.91 Å². The highest BCUT2D eigenvalue weighted by atomic mass is 32.2. The van der Waals surface area contributed by atoms with Crippen LogP contribution in [0.1, 0.15) is 21.5 Å². The van der Waals surface area contributed by atoms with Crippen LogP contribution in [0.25, 0.3) is 10.2 Å². The van der Waals surface area contributed by atoms with E-state index in [2.05, 4.69) is 21.4 Å². The molecule has 7 heteroatoms. The van der Waals surface area contributed by atoms with E-state index in [1.165, 1.54) is 4.70 Å². The molecular formula is C22H19N3O2S2. The van der Waals surface area contributed by atoms with Crippen LogP contribution in [0, 0.1) is 0 Å². The topological polar surface area (TPSA) is 64.1 Å². The first-order valence-electron chi connectivity index (χ1n) is 9.06. The SMILES string of the molecule is COc1ccc(CNC(=O)c2ccccc2CSc2nc3ccccc3s2)cn1. The quantitative estimate of drug-likeness (QED) is 0.429. The van der Waals surface area contributed by atoms with Gasteiger partial charge in [0.05, 0.1) is 17.3 Å². The van der Waals surface area contributed by atoms with Gasteiger partial charge in [-0.2, -0.15) is 0 Å². The van der Waals surface area contributed by atoms with Gasteiger partial charge in [0.1, 0.15) is 0 Å². The molecule has 1 N–H and O–H groups in total. The number of hydrogen-bond acceptors (Lipinski definition) is 6. The predicted molar refractivity (Wildman–Crippen MR) is 118 cm³/mol. The maximum atomic E-state index is 12.7. The second kappa shape index (κ2) is 9.07. The molecule has 0 saturated heterocycles. The van der Waals surface area contributed by atoms with E-state index in [9.17, 15) is 4.79 Å². The number of para-hydroxylation sites is 1. The number of pyridine rings is 1. The van der Waals surface area contributed by atoms with Crippen molar-refractivity contribution >= 4 is 39.2 Å². The summed E-state index contributed by atoms with van der Waals surface area (Å²) in [5, 5.41) is 2.97. The van der Waals surface area contributed by atoms with Crippen molar-refractivity contribution in [2.75, 3.05) is 7.11 Å². The Morgan fingerprint density at radius 1 is 1.10 bits per heavy atom. The molecule has 0 unspecified atom stereocenters. The number of thioether (sulfide) groups is 1. The molecule has 2 heterocycles. The zero-order valence-electron chi connectivity index (χ0n) is 15.8. The van der Waals surface area contributed by atoms with Crippen molar-refractivity contribution in [2.45, 2.75) is 16.6 Å². The lowest BCUT2D eigenvalue weighted by Crippen LogP contribution is -2.24. The Hall–Kier alpha value is -2.90. The molecule has 0 spiro atoms. The number of fused-ring (bicyclic) bond motifs is 1. The molecule has 2 aromatic carbocycles. The van der Waals surface area contributed by atoms with Crippen LogP contribution in [0.2, 0.25) is 0 Å². The third-order valence-electron chi connectivity index (χ3n) is 4.35. The summed E-state index contributed by atoms with van der Waals surface area (Å²) in [6.07, 6.45) is 1.70. The lowest BCUT2D eigenvalue weighted by molar-refractivity contribution is 0.0950. The number of nitrogens with zero attached hydrogens (tertiary/aromatic N) is 2. The van der Waals surface area contributed by atoms with Gasteiger partial charge >= 0.3 is 0 Å². The predicted octanol–water partition coefficient (Wildman–Crippen LogP) is 4.92. The third kappa shape index (κ3) is 4.75. The molecule has 1 amide bonds. The van der Waals surface area contributed by atoms with E-state index in [1.54, 1.807) is 42.5 Å². The number of methoxy groups -OCH3 is 1. The van der Waals surface area contributed by atoms with Crippen LogP contribution in [-0.4, -0.2) is 23.0 Å². The molecule has 0 radical (unpaired) electrons. The average molecular weight is 422 g/mol. The van der Waals surface area contributed by atoms with Crippen LogP contribution in [0.5, 0.6) is 5.88 Å². The number of carbonyl (C=O) groups excluding carboxylic acids is 1. The average Bonchev–Trinajstić information content (AvgIpc) is 3.19. The van der Waals surface area contributed by atoms with E-state index in [0.29, 0.717) is 23.7 Å². The van der Waals surface area contributed by atoms with Gasteiger partial charge in [0, 0.05) is 30.1 Å². The molecule has 0 aliphatic heterocycles. The first-order chi connectivity index (χ1) is 14.2. The highest BCUT2D eigenvalue weighted by molar-refractivity contribution is 8.00. The van der Waals surface area contributed by atoms with Crippen LogP contribution < -0.4 is 10.1 Å². The number of aromatic nitrogens is 2. The first-order valence-corrected chi connectivity index (χ1v) is 10.9. The summed E-state index contributed by atoms with van der Waals surface area (Å²) < 4.78 is 7.24. The van der Waals surface area contributed by atoms with Gasteiger partial charge < -0.3 is 10.1 Å². The number of nitrogens with one attached hydrogen (secondary N) is 1. The lowest BCUT2D eigenvalue weighted by atomic mass is 10.1. The minimum atomic E-state index is -0.0960. The number of carbonyl (C=O) groups is 1. The molecule has 5 nitrogen and oxygen atoms in total. The minimum Gasteiger partial charge on any atom is -0.481 e. The van der Waals surface area contributed by atoms with E-state index < -0.39 is 0 Å². The maximum Gasteiger partial charge on any atom is 0.251 e. The standard InChI is InChI=1S/C22H19N3O2S2/c1-27-20-11-10-15(12-23-20)13-24-21(26)17-7-3-2-6-16(17)14-28-22-25-18-8-4-5-9-19(18)29-22/h2-12H,13-14H2,1H3,(H,24,26). The maximum absolute atomic E-state index is 12.7. The number of thiazole rings is 1. The summed E-state index contributed by atoms with van der Waals surface area (Å²) in [6, 6.07) is 19.5. The second-order valence-electron chi connectivity index (χ2n) is 6.28. The number of ether oxygens (including phenoxy) is 1. The molecule has 0 fully saturated rings.